The maximum atomic E-state index is 14.0. The van der Waals surface area contributed by atoms with Gasteiger partial charge in [-0.1, -0.05) is 64.9 Å². The Kier molecular flexibility index (Phi) is 6.34. The highest BCUT2D eigenvalue weighted by Gasteiger charge is 2.69. The highest BCUT2D eigenvalue weighted by Crippen LogP contribution is 2.69. The molecule has 212 valence electrons. The molecule has 7 atom stereocenters. The molecule has 1 aromatic heterocycles. The summed E-state index contributed by atoms with van der Waals surface area (Å²) in [6.07, 6.45) is 0.812. The predicted molar refractivity (Wildman–Crippen MR) is 165 cm³/mol. The minimum Gasteiger partial charge on any atom is -0.489 e. The van der Waals surface area contributed by atoms with Gasteiger partial charge in [-0.2, -0.15) is 0 Å². The number of anilines is 1. The lowest BCUT2D eigenvalue weighted by molar-refractivity contribution is -0.123. The van der Waals surface area contributed by atoms with Gasteiger partial charge in [-0.3, -0.25) is 19.3 Å². The molecule has 8 rings (SSSR count). The van der Waals surface area contributed by atoms with Crippen LogP contribution in [-0.2, 0) is 16.2 Å². The number of H-pyrrole nitrogens is 1. The summed E-state index contributed by atoms with van der Waals surface area (Å²) in [5.41, 5.74) is 2.46. The Labute approximate surface area is 260 Å². The van der Waals surface area contributed by atoms with Crippen LogP contribution in [-0.4, -0.2) is 22.0 Å². The lowest BCUT2D eigenvalue weighted by atomic mass is 9.68. The fourth-order valence-electron chi connectivity index (χ4n) is 7.88. The summed E-state index contributed by atoms with van der Waals surface area (Å²) in [5, 5.41) is 2.13. The van der Waals surface area contributed by atoms with Crippen LogP contribution >= 0.6 is 46.3 Å². The highest BCUT2D eigenvalue weighted by atomic mass is 35.5. The number of amides is 2. The van der Waals surface area contributed by atoms with Crippen LogP contribution in [0.3, 0.4) is 0 Å². The van der Waals surface area contributed by atoms with Crippen molar-refractivity contribution in [2.45, 2.75) is 29.2 Å². The molecule has 2 saturated carbocycles. The number of imide groups is 1. The van der Waals surface area contributed by atoms with Gasteiger partial charge in [-0.05, 0) is 72.2 Å². The number of ether oxygens (including phenoxy) is 1. The Bertz CT molecular complexity index is 1810. The van der Waals surface area contributed by atoms with Gasteiger partial charge in [0.15, 0.2) is 0 Å². The third kappa shape index (κ3) is 4.03. The molecule has 2 amide bonds. The number of carbonyl (C=O) groups is 2. The summed E-state index contributed by atoms with van der Waals surface area (Å²) in [6.45, 7) is 0.316. The number of thiazole rings is 1. The fourth-order valence-corrected chi connectivity index (χ4v) is 11.2. The van der Waals surface area contributed by atoms with Crippen LogP contribution in [0.5, 0.6) is 5.75 Å². The molecule has 3 fully saturated rings. The van der Waals surface area contributed by atoms with Gasteiger partial charge < -0.3 is 9.72 Å². The molecular weight excluding hydrogens is 611 g/mol. The first-order chi connectivity index (χ1) is 20.4. The van der Waals surface area contributed by atoms with Crippen molar-refractivity contribution in [3.63, 3.8) is 0 Å². The lowest BCUT2D eigenvalue weighted by Gasteiger charge is -2.43. The van der Waals surface area contributed by atoms with Crippen LogP contribution < -0.4 is 14.5 Å². The fraction of sp³-hybridized carbons (Fsp3) is 0.281. The van der Waals surface area contributed by atoms with Gasteiger partial charge >= 0.3 is 4.87 Å². The van der Waals surface area contributed by atoms with E-state index in [0.717, 1.165) is 27.5 Å². The summed E-state index contributed by atoms with van der Waals surface area (Å²) in [6, 6.07) is 22.4. The third-order valence-corrected chi connectivity index (χ3v) is 12.4. The molecule has 1 N–H and O–H groups in total. The van der Waals surface area contributed by atoms with Crippen LogP contribution in [0.2, 0.25) is 10.0 Å². The molecule has 4 aromatic rings. The number of thioether (sulfide) groups is 1. The quantitative estimate of drug-likeness (QED) is 0.239. The number of aromatic nitrogens is 1. The molecule has 42 heavy (non-hydrogen) atoms. The number of hydrogen-bond acceptors (Lipinski definition) is 6. The molecule has 3 aromatic carbocycles. The molecule has 2 aliphatic heterocycles. The molecule has 4 aliphatic rings. The van der Waals surface area contributed by atoms with Crippen molar-refractivity contribution in [1.82, 2.24) is 4.98 Å². The highest BCUT2D eigenvalue weighted by molar-refractivity contribution is 8.00. The number of para-hydroxylation sites is 1. The van der Waals surface area contributed by atoms with Crippen LogP contribution in [0.4, 0.5) is 5.69 Å². The number of benzene rings is 3. The molecule has 1 saturated heterocycles. The van der Waals surface area contributed by atoms with Crippen LogP contribution in [0, 0.1) is 29.6 Å². The van der Waals surface area contributed by atoms with E-state index in [2.05, 4.69) is 4.98 Å². The maximum Gasteiger partial charge on any atom is 0.305 e. The molecule has 10 heteroatoms. The summed E-state index contributed by atoms with van der Waals surface area (Å²) in [5.74, 6) is -0.374. The van der Waals surface area contributed by atoms with Gasteiger partial charge in [0, 0.05) is 31.7 Å². The van der Waals surface area contributed by atoms with Gasteiger partial charge in [-0.25, -0.2) is 0 Å². The van der Waals surface area contributed by atoms with Crippen LogP contribution in [0.1, 0.15) is 28.3 Å². The smallest absolute Gasteiger partial charge is 0.305 e. The van der Waals surface area contributed by atoms with E-state index in [1.54, 1.807) is 11.8 Å². The zero-order valence-corrected chi connectivity index (χ0v) is 25.2. The topological polar surface area (TPSA) is 79.5 Å². The van der Waals surface area contributed by atoms with E-state index in [0.29, 0.717) is 28.1 Å². The minimum atomic E-state index is -0.376. The molecule has 0 spiro atoms. The zero-order chi connectivity index (χ0) is 28.7. The molecular formula is C32H24Cl2N2O4S2. The van der Waals surface area contributed by atoms with Gasteiger partial charge in [0.05, 0.1) is 22.5 Å². The van der Waals surface area contributed by atoms with Crippen molar-refractivity contribution in [2.75, 3.05) is 4.90 Å². The van der Waals surface area contributed by atoms with E-state index in [9.17, 15) is 14.4 Å². The Morgan fingerprint density at radius 2 is 1.64 bits per heavy atom. The lowest BCUT2D eigenvalue weighted by Crippen LogP contribution is -2.42. The van der Waals surface area contributed by atoms with E-state index in [1.165, 1.54) is 16.2 Å². The Morgan fingerprint density at radius 3 is 2.43 bits per heavy atom. The van der Waals surface area contributed by atoms with Crippen molar-refractivity contribution in [1.29, 1.82) is 0 Å². The second-order valence-electron chi connectivity index (χ2n) is 11.4. The van der Waals surface area contributed by atoms with Crippen molar-refractivity contribution in [3.05, 3.63) is 109 Å². The van der Waals surface area contributed by atoms with Crippen molar-refractivity contribution < 1.29 is 14.3 Å². The zero-order valence-electron chi connectivity index (χ0n) is 22.0. The molecule has 0 radical (unpaired) electrons. The number of carbonyl (C=O) groups excluding carboxylic acids is 2. The van der Waals surface area contributed by atoms with E-state index in [1.807, 2.05) is 72.8 Å². The second kappa shape index (κ2) is 10.0. The molecule has 6 nitrogen and oxygen atoms in total. The number of fused-ring (bicyclic) bond motifs is 9. The number of rotatable bonds is 5. The molecule has 2 aliphatic carbocycles. The average Bonchev–Trinajstić information content (AvgIpc) is 3.71. The summed E-state index contributed by atoms with van der Waals surface area (Å²) in [4.78, 5) is 45.7. The van der Waals surface area contributed by atoms with Gasteiger partial charge in [0.25, 0.3) is 0 Å². The number of halogens is 2. The Hall–Kier alpha value is -3.04. The molecule has 3 heterocycles. The van der Waals surface area contributed by atoms with E-state index in [-0.39, 0.29) is 57.4 Å². The van der Waals surface area contributed by atoms with Gasteiger partial charge in [-0.15, -0.1) is 11.8 Å². The maximum absolute atomic E-state index is 14.0. The van der Waals surface area contributed by atoms with Gasteiger partial charge in [0.1, 0.15) is 12.4 Å². The summed E-state index contributed by atoms with van der Waals surface area (Å²) >= 11 is 15.7. The summed E-state index contributed by atoms with van der Waals surface area (Å²) < 4.78 is 6.40. The second-order valence-corrected chi connectivity index (χ2v) is 14.5. The number of aromatic amines is 1. The monoisotopic (exact) mass is 634 g/mol. The van der Waals surface area contributed by atoms with E-state index in [4.69, 9.17) is 27.9 Å². The predicted octanol–water partition coefficient (Wildman–Crippen LogP) is 7.00. The Morgan fingerprint density at radius 1 is 0.881 bits per heavy atom. The summed E-state index contributed by atoms with van der Waals surface area (Å²) in [7, 11) is 0. The number of hydrogen-bond donors (Lipinski definition) is 1. The van der Waals surface area contributed by atoms with Gasteiger partial charge in [0.2, 0.25) is 11.8 Å². The molecule has 2 bridgehead atoms. The number of nitrogens with zero attached hydrogens (tertiary/aromatic N) is 1. The largest absolute Gasteiger partial charge is 0.489 e. The van der Waals surface area contributed by atoms with Crippen LogP contribution in [0.15, 0.2) is 82.6 Å². The normalized spacial score (nSPS) is 29.0. The Balaban J connectivity index is 1.21. The first-order valence-electron chi connectivity index (χ1n) is 13.9. The van der Waals surface area contributed by atoms with Crippen molar-refractivity contribution >= 4 is 63.8 Å². The average molecular weight is 636 g/mol. The third-order valence-electron chi connectivity index (χ3n) is 9.33. The van der Waals surface area contributed by atoms with Crippen molar-refractivity contribution in [3.8, 4) is 5.75 Å². The number of nitrogens with one attached hydrogen (secondary N) is 1. The first kappa shape index (κ1) is 26.6. The molecule has 6 unspecified atom stereocenters. The van der Waals surface area contributed by atoms with Crippen LogP contribution in [0.25, 0.3) is 0 Å². The van der Waals surface area contributed by atoms with E-state index < -0.39 is 0 Å². The SMILES string of the molecule is O=C1C2C3CC(C2C(=O)N1c1ccccc1)C1C3Sc2[nH]c(=O)sc2[C@@H]1c1cc(Cl)ccc1OCc1cccc(Cl)c1. The standard InChI is InChI=1S/C32H24Cl2N2O4S2/c33-16-6-4-5-15(11-16)14-40-22-10-9-17(34)12-19(22)23-24-20-13-21(27(24)41-29-28(23)42-32(39)35-29)26-25(20)30(37)36(31(26)38)18-7-2-1-3-8-18/h1-12,20-21,23-27H,13-14H2,(H,35,39)/t20?,21?,23-,24?,25?,26?,27?/m1/s1. The van der Waals surface area contributed by atoms with E-state index >= 15 is 0 Å². The van der Waals surface area contributed by atoms with Crippen molar-refractivity contribution in [2.24, 2.45) is 29.6 Å². The minimum absolute atomic E-state index is 0.00206. The first-order valence-corrected chi connectivity index (χ1v) is 16.3.